The van der Waals surface area contributed by atoms with E-state index in [9.17, 15) is 0 Å². The second-order valence-electron chi connectivity index (χ2n) is 5.28. The van der Waals surface area contributed by atoms with E-state index in [1.807, 2.05) is 6.08 Å². The molecule has 0 spiro atoms. The first kappa shape index (κ1) is 12.8. The Hall–Kier alpha value is -0.303. The van der Waals surface area contributed by atoms with Crippen molar-refractivity contribution < 1.29 is 1.37 Å². The van der Waals surface area contributed by atoms with Gasteiger partial charge in [-0.25, -0.2) is 0 Å². The Balaban J connectivity index is 4.42. The van der Waals surface area contributed by atoms with Crippen molar-refractivity contribution in [3.05, 3.63) is 23.9 Å². The van der Waals surface area contributed by atoms with Crippen molar-refractivity contribution in [2.45, 2.75) is 65.1 Å². The first-order chi connectivity index (χ1) is 7.43. The lowest BCUT2D eigenvalue weighted by atomic mass is 10.1. The summed E-state index contributed by atoms with van der Waals surface area (Å²) in [5.41, 5.74) is 2.29. The summed E-state index contributed by atoms with van der Waals surface area (Å²) in [5.74, 6) is 0. The van der Waals surface area contributed by atoms with E-state index in [0.29, 0.717) is 0 Å². The van der Waals surface area contributed by atoms with Gasteiger partial charge < -0.3 is 0 Å². The first-order valence-corrected chi connectivity index (χ1v) is 9.73. The zero-order chi connectivity index (χ0) is 12.6. The minimum atomic E-state index is -1.43. The number of allylic oxidation sites excluding steroid dienone is 2. The van der Waals surface area contributed by atoms with Crippen LogP contribution in [0.5, 0.6) is 0 Å². The molecule has 0 heterocycles. The van der Waals surface area contributed by atoms with Crippen LogP contribution in [0.2, 0.25) is 19.6 Å². The van der Waals surface area contributed by atoms with Gasteiger partial charge in [0.05, 0.1) is 9.44 Å². The Labute approximate surface area is 98.9 Å². The van der Waals surface area contributed by atoms with E-state index in [1.54, 1.807) is 0 Å². The van der Waals surface area contributed by atoms with Crippen molar-refractivity contribution in [2.24, 2.45) is 0 Å². The van der Waals surface area contributed by atoms with Crippen LogP contribution in [0.4, 0.5) is 0 Å². The molecule has 0 aromatic rings. The molecule has 0 aliphatic carbocycles. The van der Waals surface area contributed by atoms with E-state index in [4.69, 9.17) is 1.37 Å². The van der Waals surface area contributed by atoms with Crippen LogP contribution in [0.25, 0.3) is 0 Å². The fourth-order valence-electron chi connectivity index (χ4n) is 1.69. The van der Waals surface area contributed by atoms with E-state index < -0.39 is 8.07 Å². The molecule has 15 heavy (non-hydrogen) atoms. The van der Waals surface area contributed by atoms with Gasteiger partial charge in [-0.3, -0.25) is 0 Å². The Morgan fingerprint density at radius 3 is 2.40 bits per heavy atom. The number of hydrogen-bond donors (Lipinski definition) is 0. The minimum absolute atomic E-state index is 0.912. The van der Waals surface area contributed by atoms with Gasteiger partial charge in [-0.15, -0.1) is 6.58 Å². The molecule has 1 heteroatoms. The Bertz CT molecular complexity index is 236. The largest absolute Gasteiger partial charge is 0.103 e. The fraction of sp³-hybridized carbons (Fsp3) is 0.714. The molecule has 0 bridgehead atoms. The maximum absolute atomic E-state index is 8.26. The molecule has 0 aliphatic heterocycles. The lowest BCUT2D eigenvalue weighted by Crippen LogP contribution is -2.16. The Kier molecular flexibility index (Phi) is 6.74. The van der Waals surface area contributed by atoms with Crippen molar-refractivity contribution in [1.82, 2.24) is 0 Å². The van der Waals surface area contributed by atoms with Crippen molar-refractivity contribution in [3.63, 3.8) is 0 Å². The van der Waals surface area contributed by atoms with Gasteiger partial charge in [-0.05, 0) is 19.3 Å². The topological polar surface area (TPSA) is 0 Å². The number of hydrogen-bond acceptors (Lipinski definition) is 0. The SMILES string of the molecule is [2H]/C(=C(\CC=C)CCCCCC)[Si](C)(C)C. The van der Waals surface area contributed by atoms with Crippen LogP contribution in [0.15, 0.2) is 23.9 Å². The van der Waals surface area contributed by atoms with Crippen LogP contribution >= 0.6 is 0 Å². The van der Waals surface area contributed by atoms with Crippen LogP contribution in [0.3, 0.4) is 0 Å². The van der Waals surface area contributed by atoms with Crippen LogP contribution in [0.1, 0.15) is 46.8 Å². The highest BCUT2D eigenvalue weighted by Crippen LogP contribution is 2.17. The van der Waals surface area contributed by atoms with Gasteiger partial charge in [0.1, 0.15) is 0 Å². The zero-order valence-electron chi connectivity index (χ0n) is 12.0. The molecule has 0 aromatic heterocycles. The molecule has 0 nitrogen and oxygen atoms in total. The highest BCUT2D eigenvalue weighted by atomic mass is 28.3. The molecule has 0 saturated heterocycles. The summed E-state index contributed by atoms with van der Waals surface area (Å²) < 4.78 is 8.26. The van der Waals surface area contributed by atoms with E-state index in [2.05, 4.69) is 33.1 Å². The van der Waals surface area contributed by atoms with Gasteiger partial charge in [-0.1, -0.05) is 63.2 Å². The number of rotatable bonds is 8. The van der Waals surface area contributed by atoms with Crippen LogP contribution in [-0.2, 0) is 0 Å². The summed E-state index contributed by atoms with van der Waals surface area (Å²) in [7, 11) is -1.43. The average molecular weight is 225 g/mol. The molecule has 0 N–H and O–H groups in total. The first-order valence-electron chi connectivity index (χ1n) is 6.73. The summed E-state index contributed by atoms with van der Waals surface area (Å²) in [5, 5.41) is 0. The fourth-order valence-corrected chi connectivity index (χ4v) is 2.97. The van der Waals surface area contributed by atoms with Crippen LogP contribution < -0.4 is 0 Å². The lowest BCUT2D eigenvalue weighted by molar-refractivity contribution is 0.661. The van der Waals surface area contributed by atoms with Crippen LogP contribution in [0, 0.1) is 0 Å². The maximum Gasteiger partial charge on any atom is 0.0686 e. The third-order valence-electron chi connectivity index (χ3n) is 2.27. The van der Waals surface area contributed by atoms with Gasteiger partial charge in [0.15, 0.2) is 0 Å². The van der Waals surface area contributed by atoms with E-state index in [-0.39, 0.29) is 0 Å². The molecule has 0 fully saturated rings. The molecule has 0 aromatic carbocycles. The Morgan fingerprint density at radius 1 is 1.27 bits per heavy atom. The van der Waals surface area contributed by atoms with Gasteiger partial charge in [-0.2, -0.15) is 0 Å². The maximum atomic E-state index is 8.26. The Morgan fingerprint density at radius 2 is 1.93 bits per heavy atom. The zero-order valence-corrected chi connectivity index (χ0v) is 12.0. The van der Waals surface area contributed by atoms with Gasteiger partial charge in [0, 0.05) is 0 Å². The lowest BCUT2D eigenvalue weighted by Gasteiger charge is -2.13. The molecule has 0 saturated carbocycles. The standard InChI is InChI=1S/C14H28Si/c1-6-8-9-10-12-14(11-7-2)13-15(3,4)5/h7,13H,2,6,8-12H2,1,3-5H3/b14-13-/i13D. The van der Waals surface area contributed by atoms with Gasteiger partial charge >= 0.3 is 0 Å². The highest BCUT2D eigenvalue weighted by Gasteiger charge is 2.10. The quantitative estimate of drug-likeness (QED) is 0.297. The average Bonchev–Trinajstić information content (AvgIpc) is 2.20. The molecule has 0 atom stereocenters. The molecular formula is C14H28Si. The van der Waals surface area contributed by atoms with E-state index >= 15 is 0 Å². The number of unbranched alkanes of at least 4 members (excludes halogenated alkanes) is 3. The molecule has 0 radical (unpaired) electrons. The molecule has 88 valence electrons. The normalized spacial score (nSPS) is 14.5. The minimum Gasteiger partial charge on any atom is -0.103 e. The summed E-state index contributed by atoms with van der Waals surface area (Å²) in [4.78, 5) is 0. The van der Waals surface area contributed by atoms with Crippen molar-refractivity contribution in [2.75, 3.05) is 0 Å². The van der Waals surface area contributed by atoms with E-state index in [0.717, 1.165) is 18.5 Å². The second kappa shape index (κ2) is 7.92. The summed E-state index contributed by atoms with van der Waals surface area (Å²) in [6.45, 7) is 12.8. The van der Waals surface area contributed by atoms with Gasteiger partial charge in [0.2, 0.25) is 0 Å². The molecule has 0 unspecified atom stereocenters. The summed E-state index contributed by atoms with van der Waals surface area (Å²) >= 11 is 0. The second-order valence-corrected chi connectivity index (χ2v) is 10.0. The van der Waals surface area contributed by atoms with Crippen molar-refractivity contribution >= 4 is 8.07 Å². The van der Waals surface area contributed by atoms with Gasteiger partial charge in [0.25, 0.3) is 0 Å². The third-order valence-corrected chi connectivity index (χ3v) is 3.38. The van der Waals surface area contributed by atoms with Crippen molar-refractivity contribution in [3.8, 4) is 0 Å². The predicted octanol–water partition coefficient (Wildman–Crippen LogP) is 5.34. The summed E-state index contributed by atoms with van der Waals surface area (Å²) in [6, 6.07) is 0. The molecule has 0 aliphatic rings. The van der Waals surface area contributed by atoms with E-state index in [1.165, 1.54) is 31.3 Å². The predicted molar refractivity (Wildman–Crippen MR) is 75.0 cm³/mol. The van der Waals surface area contributed by atoms with Crippen molar-refractivity contribution in [1.29, 1.82) is 0 Å². The molecule has 0 rings (SSSR count). The molecular weight excluding hydrogens is 196 g/mol. The smallest absolute Gasteiger partial charge is 0.0686 e. The third kappa shape index (κ3) is 9.99. The summed E-state index contributed by atoms with van der Waals surface area (Å²) in [6.07, 6.45) is 9.11. The van der Waals surface area contributed by atoms with Crippen LogP contribution in [-0.4, -0.2) is 8.07 Å². The highest BCUT2D eigenvalue weighted by molar-refractivity contribution is 6.81. The molecule has 0 amide bonds. The monoisotopic (exact) mass is 225 g/mol.